The molecule has 7 nitrogen and oxygen atoms in total. The van der Waals surface area contributed by atoms with E-state index < -0.39 is 0 Å². The third kappa shape index (κ3) is 23.8. The summed E-state index contributed by atoms with van der Waals surface area (Å²) in [6.07, 6.45) is 6.15. The van der Waals surface area contributed by atoms with Crippen LogP contribution in [0.2, 0.25) is 0 Å². The van der Waals surface area contributed by atoms with Crippen LogP contribution in [0.25, 0.3) is 0 Å². The van der Waals surface area contributed by atoms with Gasteiger partial charge in [-0.15, -0.1) is 0 Å². The van der Waals surface area contributed by atoms with Gasteiger partial charge in [-0.2, -0.15) is 0 Å². The molecule has 0 heterocycles. The van der Waals surface area contributed by atoms with E-state index in [9.17, 15) is 4.79 Å². The van der Waals surface area contributed by atoms with Crippen molar-refractivity contribution in [2.45, 2.75) is 45.4 Å². The van der Waals surface area contributed by atoms with E-state index in [4.69, 9.17) is 28.4 Å². The predicted octanol–water partition coefficient (Wildman–Crippen LogP) is 3.37. The van der Waals surface area contributed by atoms with Gasteiger partial charge in [0.25, 0.3) is 0 Å². The molecule has 0 aliphatic heterocycles. The lowest BCUT2D eigenvalue weighted by Crippen LogP contribution is -2.15. The molecule has 0 unspecified atom stereocenters. The largest absolute Gasteiger partial charge is 0.463 e. The van der Waals surface area contributed by atoms with Crippen LogP contribution in [0, 0.1) is 0 Å². The van der Waals surface area contributed by atoms with Gasteiger partial charge in [-0.1, -0.05) is 48.5 Å². The molecule has 0 bridgehead atoms. The molecular formula is C20H39BrO7. The summed E-state index contributed by atoms with van der Waals surface area (Å²) in [5, 5.41) is 0.841. The van der Waals surface area contributed by atoms with Crippen molar-refractivity contribution >= 4 is 21.9 Å². The summed E-state index contributed by atoms with van der Waals surface area (Å²) < 4.78 is 31.9. The highest BCUT2D eigenvalue weighted by atomic mass is 79.9. The quantitative estimate of drug-likeness (QED) is 0.129. The zero-order valence-electron chi connectivity index (χ0n) is 17.5. The number of hydrogen-bond acceptors (Lipinski definition) is 7. The van der Waals surface area contributed by atoms with E-state index in [1.807, 2.05) is 0 Å². The minimum Gasteiger partial charge on any atom is -0.463 e. The maximum Gasteiger partial charge on any atom is 0.305 e. The SMILES string of the molecule is CCCCCCCC(=O)OCCOCCOCCOCCOCCOCCBr. The molecule has 0 N–H and O–H groups in total. The van der Waals surface area contributed by atoms with Crippen LogP contribution in [0.15, 0.2) is 0 Å². The summed E-state index contributed by atoms with van der Waals surface area (Å²) in [6, 6.07) is 0. The highest BCUT2D eigenvalue weighted by molar-refractivity contribution is 9.09. The highest BCUT2D eigenvalue weighted by Crippen LogP contribution is 2.05. The van der Waals surface area contributed by atoms with E-state index in [1.165, 1.54) is 19.3 Å². The maximum atomic E-state index is 11.5. The number of halogens is 1. The van der Waals surface area contributed by atoms with Crippen molar-refractivity contribution in [3.8, 4) is 0 Å². The van der Waals surface area contributed by atoms with Crippen molar-refractivity contribution in [1.82, 2.24) is 0 Å². The van der Waals surface area contributed by atoms with Crippen LogP contribution in [0.1, 0.15) is 45.4 Å². The average Bonchev–Trinajstić information content (AvgIpc) is 2.70. The van der Waals surface area contributed by atoms with Crippen LogP contribution >= 0.6 is 15.9 Å². The number of unbranched alkanes of at least 4 members (excludes halogenated alkanes) is 4. The molecule has 28 heavy (non-hydrogen) atoms. The second-order valence-corrected chi connectivity index (χ2v) is 6.93. The summed E-state index contributed by atoms with van der Waals surface area (Å²) in [7, 11) is 0. The number of carbonyl (C=O) groups excluding carboxylic acids is 1. The normalized spacial score (nSPS) is 11.1. The number of alkyl halides is 1. The van der Waals surface area contributed by atoms with Crippen molar-refractivity contribution in [3.05, 3.63) is 0 Å². The first-order chi connectivity index (χ1) is 13.8. The summed E-state index contributed by atoms with van der Waals surface area (Å²) in [4.78, 5) is 11.5. The summed E-state index contributed by atoms with van der Waals surface area (Å²) in [5.41, 5.74) is 0. The third-order valence-electron chi connectivity index (χ3n) is 3.68. The topological polar surface area (TPSA) is 72.5 Å². The first-order valence-electron chi connectivity index (χ1n) is 10.4. The second kappa shape index (κ2) is 24.8. The van der Waals surface area contributed by atoms with Crippen LogP contribution in [0.4, 0.5) is 0 Å². The number of esters is 1. The molecule has 0 saturated carbocycles. The van der Waals surface area contributed by atoms with Crippen LogP contribution in [0.5, 0.6) is 0 Å². The van der Waals surface area contributed by atoms with Gasteiger partial charge in [0, 0.05) is 11.8 Å². The zero-order chi connectivity index (χ0) is 20.5. The lowest BCUT2D eigenvalue weighted by molar-refractivity contribution is -0.145. The number of carbonyl (C=O) groups is 1. The lowest BCUT2D eigenvalue weighted by Gasteiger charge is -2.08. The van der Waals surface area contributed by atoms with Crippen molar-refractivity contribution in [1.29, 1.82) is 0 Å². The highest BCUT2D eigenvalue weighted by Gasteiger charge is 2.02. The van der Waals surface area contributed by atoms with Gasteiger partial charge in [0.05, 0.1) is 66.1 Å². The molecule has 8 heteroatoms. The number of rotatable bonds is 23. The van der Waals surface area contributed by atoms with Crippen LogP contribution < -0.4 is 0 Å². The Labute approximate surface area is 178 Å². The Balaban J connectivity index is 3.09. The van der Waals surface area contributed by atoms with E-state index in [0.717, 1.165) is 18.2 Å². The molecule has 0 radical (unpaired) electrons. The molecule has 0 atom stereocenters. The number of hydrogen-bond donors (Lipinski definition) is 0. The fourth-order valence-electron chi connectivity index (χ4n) is 2.20. The van der Waals surface area contributed by atoms with E-state index in [0.29, 0.717) is 79.1 Å². The lowest BCUT2D eigenvalue weighted by atomic mass is 10.1. The summed E-state index contributed by atoms with van der Waals surface area (Å²) in [5.74, 6) is -0.135. The van der Waals surface area contributed by atoms with Crippen molar-refractivity contribution in [2.75, 3.05) is 78.0 Å². The van der Waals surface area contributed by atoms with Crippen LogP contribution in [-0.2, 0) is 33.2 Å². The van der Waals surface area contributed by atoms with Crippen LogP contribution in [-0.4, -0.2) is 84.0 Å². The van der Waals surface area contributed by atoms with Gasteiger partial charge in [-0.05, 0) is 6.42 Å². The first-order valence-corrected chi connectivity index (χ1v) is 11.5. The molecule has 0 aromatic heterocycles. The summed E-state index contributed by atoms with van der Waals surface area (Å²) >= 11 is 3.29. The van der Waals surface area contributed by atoms with Crippen molar-refractivity contribution < 1.29 is 33.2 Å². The molecule has 0 amide bonds. The van der Waals surface area contributed by atoms with E-state index in [2.05, 4.69) is 22.9 Å². The second-order valence-electron chi connectivity index (χ2n) is 6.14. The third-order valence-corrected chi connectivity index (χ3v) is 4.01. The van der Waals surface area contributed by atoms with E-state index >= 15 is 0 Å². The Hall–Kier alpha value is -0.250. The van der Waals surface area contributed by atoms with Gasteiger partial charge in [-0.25, -0.2) is 0 Å². The molecule has 0 aromatic rings. The Morgan fingerprint density at radius 1 is 0.607 bits per heavy atom. The summed E-state index contributed by atoms with van der Waals surface area (Å²) in [6.45, 7) is 7.88. The van der Waals surface area contributed by atoms with Crippen molar-refractivity contribution in [3.63, 3.8) is 0 Å². The first kappa shape index (κ1) is 27.8. The molecule has 0 aromatic carbocycles. The molecule has 0 saturated heterocycles. The number of ether oxygens (including phenoxy) is 6. The molecular weight excluding hydrogens is 432 g/mol. The van der Waals surface area contributed by atoms with Gasteiger partial charge >= 0.3 is 5.97 Å². The zero-order valence-corrected chi connectivity index (χ0v) is 19.0. The Morgan fingerprint density at radius 2 is 1.04 bits per heavy atom. The Bertz CT molecular complexity index is 319. The predicted molar refractivity (Wildman–Crippen MR) is 112 cm³/mol. The molecule has 168 valence electrons. The monoisotopic (exact) mass is 470 g/mol. The van der Waals surface area contributed by atoms with Gasteiger partial charge in [0.1, 0.15) is 6.61 Å². The molecule has 0 aliphatic carbocycles. The molecule has 0 spiro atoms. The van der Waals surface area contributed by atoms with Crippen LogP contribution in [0.3, 0.4) is 0 Å². The molecule has 0 aliphatic rings. The van der Waals surface area contributed by atoms with Gasteiger partial charge in [-0.3, -0.25) is 4.79 Å². The molecule has 0 rings (SSSR count). The standard InChI is InChI=1S/C20H39BrO7/c1-2-3-4-5-6-7-20(22)28-19-18-27-17-16-26-15-14-25-13-12-24-11-10-23-9-8-21/h2-19H2,1H3. The maximum absolute atomic E-state index is 11.5. The van der Waals surface area contributed by atoms with Gasteiger partial charge < -0.3 is 28.4 Å². The van der Waals surface area contributed by atoms with E-state index in [-0.39, 0.29) is 5.97 Å². The van der Waals surface area contributed by atoms with Gasteiger partial charge in [0.2, 0.25) is 0 Å². The Kier molecular flexibility index (Phi) is 24.6. The average molecular weight is 471 g/mol. The minimum atomic E-state index is -0.135. The smallest absolute Gasteiger partial charge is 0.305 e. The fourth-order valence-corrected chi connectivity index (χ4v) is 2.42. The van der Waals surface area contributed by atoms with Crippen molar-refractivity contribution in [2.24, 2.45) is 0 Å². The van der Waals surface area contributed by atoms with E-state index in [1.54, 1.807) is 0 Å². The fraction of sp³-hybridized carbons (Fsp3) is 0.950. The minimum absolute atomic E-state index is 0.135. The van der Waals surface area contributed by atoms with Gasteiger partial charge in [0.15, 0.2) is 0 Å². The molecule has 0 fully saturated rings. The Morgan fingerprint density at radius 3 is 1.50 bits per heavy atom.